The molecule has 6 heteroatoms. The van der Waals surface area contributed by atoms with Crippen molar-refractivity contribution in [3.05, 3.63) is 52.3 Å². The van der Waals surface area contributed by atoms with E-state index in [4.69, 9.17) is 21.6 Å². The standard InChI is InChI=1S/C20H20ClN3O2/c1-13-2-9-19(24-23-13)20(25)10-14-3-6-16(7-4-14)26-17-8-5-15(12-22)18(21)11-17/h2,5,8-9,11,14,16H,3-4,6-7,10H2,1H3. The van der Waals surface area contributed by atoms with Gasteiger partial charge in [0.2, 0.25) is 0 Å². The summed E-state index contributed by atoms with van der Waals surface area (Å²) in [4.78, 5) is 12.3. The van der Waals surface area contributed by atoms with Gasteiger partial charge in [-0.25, -0.2) is 0 Å². The number of nitriles is 1. The molecular weight excluding hydrogens is 350 g/mol. The Labute approximate surface area is 158 Å². The van der Waals surface area contributed by atoms with Crippen LogP contribution >= 0.6 is 11.6 Å². The monoisotopic (exact) mass is 369 g/mol. The minimum absolute atomic E-state index is 0.0562. The van der Waals surface area contributed by atoms with E-state index in [2.05, 4.69) is 10.2 Å². The summed E-state index contributed by atoms with van der Waals surface area (Å²) in [5.41, 5.74) is 1.70. The van der Waals surface area contributed by atoms with E-state index in [0.717, 1.165) is 31.4 Å². The number of rotatable bonds is 5. The summed E-state index contributed by atoms with van der Waals surface area (Å²) in [6, 6.07) is 10.7. The van der Waals surface area contributed by atoms with Gasteiger partial charge in [0.1, 0.15) is 17.5 Å². The second-order valence-corrected chi connectivity index (χ2v) is 7.11. The summed E-state index contributed by atoms with van der Waals surface area (Å²) in [5, 5.41) is 17.2. The SMILES string of the molecule is Cc1ccc(C(=O)CC2CCC(Oc3ccc(C#N)c(Cl)c3)CC2)nn1. The number of hydrogen-bond donors (Lipinski definition) is 0. The topological polar surface area (TPSA) is 75.9 Å². The van der Waals surface area contributed by atoms with Crippen molar-refractivity contribution in [3.8, 4) is 11.8 Å². The van der Waals surface area contributed by atoms with Gasteiger partial charge in [0.05, 0.1) is 22.4 Å². The first-order valence-corrected chi connectivity index (χ1v) is 9.13. The van der Waals surface area contributed by atoms with Crippen LogP contribution in [0.25, 0.3) is 0 Å². The van der Waals surface area contributed by atoms with Crippen molar-refractivity contribution in [1.82, 2.24) is 10.2 Å². The number of nitrogens with zero attached hydrogens (tertiary/aromatic N) is 3. The van der Waals surface area contributed by atoms with Crippen LogP contribution in [0.3, 0.4) is 0 Å². The van der Waals surface area contributed by atoms with Crippen molar-refractivity contribution in [2.45, 2.75) is 45.1 Å². The fourth-order valence-corrected chi connectivity index (χ4v) is 3.43. The molecule has 0 spiro atoms. The van der Waals surface area contributed by atoms with Crippen molar-refractivity contribution in [3.63, 3.8) is 0 Å². The number of benzene rings is 1. The highest BCUT2D eigenvalue weighted by atomic mass is 35.5. The lowest BCUT2D eigenvalue weighted by Gasteiger charge is -2.28. The molecule has 1 aromatic heterocycles. The van der Waals surface area contributed by atoms with Gasteiger partial charge in [-0.15, -0.1) is 5.10 Å². The Balaban J connectivity index is 1.49. The first kappa shape index (κ1) is 18.3. The predicted molar refractivity (Wildman–Crippen MR) is 98.3 cm³/mol. The summed E-state index contributed by atoms with van der Waals surface area (Å²) >= 11 is 6.04. The Kier molecular flexibility index (Phi) is 5.85. The summed E-state index contributed by atoms with van der Waals surface area (Å²) in [5.74, 6) is 1.10. The minimum Gasteiger partial charge on any atom is -0.490 e. The molecule has 0 atom stereocenters. The number of carbonyl (C=O) groups excluding carboxylic acids is 1. The zero-order valence-electron chi connectivity index (χ0n) is 14.6. The van der Waals surface area contributed by atoms with Crippen LogP contribution in [0.2, 0.25) is 5.02 Å². The second kappa shape index (κ2) is 8.29. The van der Waals surface area contributed by atoms with E-state index in [9.17, 15) is 4.79 Å². The van der Waals surface area contributed by atoms with Crippen LogP contribution < -0.4 is 4.74 Å². The quantitative estimate of drug-likeness (QED) is 0.724. The number of hydrogen-bond acceptors (Lipinski definition) is 5. The molecular formula is C20H20ClN3O2. The molecule has 0 N–H and O–H groups in total. The van der Waals surface area contributed by atoms with Gasteiger partial charge in [-0.3, -0.25) is 4.79 Å². The Morgan fingerprint density at radius 3 is 2.62 bits per heavy atom. The van der Waals surface area contributed by atoms with E-state index in [1.807, 2.05) is 19.1 Å². The first-order chi connectivity index (χ1) is 12.5. The van der Waals surface area contributed by atoms with E-state index in [1.54, 1.807) is 24.3 Å². The third kappa shape index (κ3) is 4.59. The normalized spacial score (nSPS) is 19.6. The highest BCUT2D eigenvalue weighted by molar-refractivity contribution is 6.31. The van der Waals surface area contributed by atoms with Gasteiger partial charge in [0.25, 0.3) is 0 Å². The van der Waals surface area contributed by atoms with Crippen molar-refractivity contribution in [2.24, 2.45) is 5.92 Å². The van der Waals surface area contributed by atoms with Crippen LogP contribution in [0.15, 0.2) is 30.3 Å². The maximum absolute atomic E-state index is 12.3. The molecule has 0 bridgehead atoms. The summed E-state index contributed by atoms with van der Waals surface area (Å²) < 4.78 is 5.99. The fraction of sp³-hybridized carbons (Fsp3) is 0.400. The lowest BCUT2D eigenvalue weighted by atomic mass is 9.84. The average Bonchev–Trinajstić information content (AvgIpc) is 2.64. The lowest BCUT2D eigenvalue weighted by Crippen LogP contribution is -2.25. The summed E-state index contributed by atoms with van der Waals surface area (Å²) in [6.45, 7) is 1.85. The number of aryl methyl sites for hydroxylation is 1. The molecule has 134 valence electrons. The number of ether oxygens (including phenoxy) is 1. The number of carbonyl (C=O) groups is 1. The molecule has 5 nitrogen and oxygen atoms in total. The van der Waals surface area contributed by atoms with Crippen molar-refractivity contribution < 1.29 is 9.53 Å². The van der Waals surface area contributed by atoms with E-state index < -0.39 is 0 Å². The zero-order chi connectivity index (χ0) is 18.5. The molecule has 0 amide bonds. The van der Waals surface area contributed by atoms with Crippen LogP contribution in [0.5, 0.6) is 5.75 Å². The lowest BCUT2D eigenvalue weighted by molar-refractivity contribution is 0.0897. The fourth-order valence-electron chi connectivity index (χ4n) is 3.22. The van der Waals surface area contributed by atoms with Gasteiger partial charge in [0, 0.05) is 12.5 Å². The van der Waals surface area contributed by atoms with Gasteiger partial charge < -0.3 is 4.74 Å². The molecule has 1 fully saturated rings. The van der Waals surface area contributed by atoms with Gasteiger partial charge in [-0.05, 0) is 62.8 Å². The largest absolute Gasteiger partial charge is 0.490 e. The highest BCUT2D eigenvalue weighted by Gasteiger charge is 2.25. The average molecular weight is 370 g/mol. The van der Waals surface area contributed by atoms with E-state index in [0.29, 0.717) is 34.4 Å². The van der Waals surface area contributed by atoms with Crippen LogP contribution in [0.1, 0.15) is 53.8 Å². The molecule has 1 aliphatic carbocycles. The Morgan fingerprint density at radius 2 is 2.00 bits per heavy atom. The van der Waals surface area contributed by atoms with Gasteiger partial charge in [0.15, 0.2) is 5.78 Å². The molecule has 3 rings (SSSR count). The van der Waals surface area contributed by atoms with Gasteiger partial charge in [-0.2, -0.15) is 10.4 Å². The Bertz CT molecular complexity index is 822. The van der Waals surface area contributed by atoms with Gasteiger partial charge in [-0.1, -0.05) is 11.6 Å². The maximum Gasteiger partial charge on any atom is 0.183 e. The molecule has 1 saturated carbocycles. The molecule has 0 radical (unpaired) electrons. The van der Waals surface area contributed by atoms with Crippen molar-refractivity contribution in [2.75, 3.05) is 0 Å². The van der Waals surface area contributed by atoms with Crippen LogP contribution in [0.4, 0.5) is 0 Å². The number of halogens is 1. The third-order valence-electron chi connectivity index (χ3n) is 4.72. The van der Waals surface area contributed by atoms with Crippen molar-refractivity contribution >= 4 is 17.4 Å². The Morgan fingerprint density at radius 1 is 1.23 bits per heavy atom. The van der Waals surface area contributed by atoms with Crippen molar-refractivity contribution in [1.29, 1.82) is 5.26 Å². The first-order valence-electron chi connectivity index (χ1n) is 8.75. The number of ketones is 1. The second-order valence-electron chi connectivity index (χ2n) is 6.70. The molecule has 0 unspecified atom stereocenters. The molecule has 1 heterocycles. The van der Waals surface area contributed by atoms with Crippen LogP contribution in [-0.4, -0.2) is 22.1 Å². The molecule has 1 aromatic carbocycles. The minimum atomic E-state index is 0.0562. The van der Waals surface area contributed by atoms with Crippen LogP contribution in [-0.2, 0) is 0 Å². The summed E-state index contributed by atoms with van der Waals surface area (Å²) in [7, 11) is 0. The zero-order valence-corrected chi connectivity index (χ0v) is 15.4. The molecule has 0 saturated heterocycles. The van der Waals surface area contributed by atoms with Crippen LogP contribution in [0, 0.1) is 24.2 Å². The van der Waals surface area contributed by atoms with Gasteiger partial charge >= 0.3 is 0 Å². The molecule has 1 aliphatic rings. The van der Waals surface area contributed by atoms with E-state index in [1.165, 1.54) is 0 Å². The smallest absolute Gasteiger partial charge is 0.183 e. The molecule has 26 heavy (non-hydrogen) atoms. The Hall–Kier alpha value is -2.45. The molecule has 2 aromatic rings. The van der Waals surface area contributed by atoms with E-state index >= 15 is 0 Å². The van der Waals surface area contributed by atoms with E-state index in [-0.39, 0.29) is 11.9 Å². The highest BCUT2D eigenvalue weighted by Crippen LogP contribution is 2.31. The molecule has 0 aliphatic heterocycles. The number of aromatic nitrogens is 2. The number of Topliss-reactive ketones (excluding diaryl/α,β-unsaturated/α-hetero) is 1. The summed E-state index contributed by atoms with van der Waals surface area (Å²) in [6.07, 6.45) is 4.31. The predicted octanol–water partition coefficient (Wildman–Crippen LogP) is 4.52. The third-order valence-corrected chi connectivity index (χ3v) is 5.03. The maximum atomic E-state index is 12.3.